The van der Waals surface area contributed by atoms with E-state index in [2.05, 4.69) is 5.32 Å². The first-order valence-corrected chi connectivity index (χ1v) is 21.7. The SMILES string of the molecule is CCN1C(=O)C(CC)(C(=O)O)CCc2ccc(OC)cc21.CCOC(=O)C1(CC)CCc2ccc(OC)cc2N(CC)C1=O.CCOC(=O)C1CCc2ccc(OC)cc2NC1=O. The number of ether oxygens (including phenoxy) is 5. The highest BCUT2D eigenvalue weighted by Gasteiger charge is 2.50. The average Bonchev–Trinajstić information content (AvgIpc) is 3.59. The average molecular weight is 874 g/mol. The van der Waals surface area contributed by atoms with Crippen LogP contribution < -0.4 is 29.3 Å². The lowest BCUT2D eigenvalue weighted by molar-refractivity contribution is -0.161. The summed E-state index contributed by atoms with van der Waals surface area (Å²) < 4.78 is 25.8. The topological polar surface area (TPSA) is 187 Å². The van der Waals surface area contributed by atoms with Crippen LogP contribution in [0.25, 0.3) is 0 Å². The maximum atomic E-state index is 13.2. The smallest absolute Gasteiger partial charge is 0.321 e. The monoisotopic (exact) mass is 873 g/mol. The fourth-order valence-electron chi connectivity index (χ4n) is 8.28. The quantitative estimate of drug-likeness (QED) is 0.138. The van der Waals surface area contributed by atoms with Gasteiger partial charge in [-0.15, -0.1) is 0 Å². The molecule has 0 saturated carbocycles. The summed E-state index contributed by atoms with van der Waals surface area (Å²) in [5.41, 5.74) is 2.91. The van der Waals surface area contributed by atoms with Gasteiger partial charge in [0.1, 0.15) is 34.0 Å². The molecule has 0 saturated heterocycles. The molecule has 63 heavy (non-hydrogen) atoms. The number of aliphatic carboxylic acids is 1. The highest BCUT2D eigenvalue weighted by molar-refractivity contribution is 6.12. The van der Waals surface area contributed by atoms with Crippen molar-refractivity contribution in [3.8, 4) is 17.2 Å². The molecule has 15 heteroatoms. The van der Waals surface area contributed by atoms with Crippen molar-refractivity contribution in [1.82, 2.24) is 0 Å². The molecule has 0 spiro atoms. The zero-order valence-electron chi connectivity index (χ0n) is 38.1. The van der Waals surface area contributed by atoms with E-state index >= 15 is 0 Å². The number of carbonyl (C=O) groups excluding carboxylic acids is 5. The molecule has 3 heterocycles. The van der Waals surface area contributed by atoms with Crippen molar-refractivity contribution >= 4 is 52.7 Å². The minimum atomic E-state index is -1.33. The number of esters is 2. The Hall–Kier alpha value is -6.12. The van der Waals surface area contributed by atoms with Crippen LogP contribution in [0.4, 0.5) is 17.1 Å². The normalized spacial score (nSPS) is 20.2. The summed E-state index contributed by atoms with van der Waals surface area (Å²) in [7, 11) is 4.75. The van der Waals surface area contributed by atoms with Gasteiger partial charge in [0.25, 0.3) is 0 Å². The number of nitrogens with zero attached hydrogens (tertiary/aromatic N) is 2. The van der Waals surface area contributed by atoms with Crippen molar-refractivity contribution in [2.75, 3.05) is 62.7 Å². The maximum Gasteiger partial charge on any atom is 0.321 e. The van der Waals surface area contributed by atoms with E-state index in [4.69, 9.17) is 23.7 Å². The number of amides is 3. The largest absolute Gasteiger partial charge is 0.497 e. The minimum Gasteiger partial charge on any atom is -0.497 e. The second kappa shape index (κ2) is 22.3. The number of carboxylic acids is 1. The molecule has 15 nitrogen and oxygen atoms in total. The van der Waals surface area contributed by atoms with Crippen LogP contribution in [0.3, 0.4) is 0 Å². The van der Waals surface area contributed by atoms with Crippen molar-refractivity contribution in [2.24, 2.45) is 16.7 Å². The first kappa shape index (κ1) is 49.5. The third-order valence-corrected chi connectivity index (χ3v) is 12.2. The Morgan fingerprint density at radius 1 is 0.651 bits per heavy atom. The van der Waals surface area contributed by atoms with Gasteiger partial charge in [0.15, 0.2) is 0 Å². The van der Waals surface area contributed by atoms with Crippen LogP contribution in [-0.4, -0.2) is 88.4 Å². The molecule has 0 radical (unpaired) electrons. The number of aryl methyl sites for hydroxylation is 3. The van der Waals surface area contributed by atoms with Gasteiger partial charge >= 0.3 is 17.9 Å². The van der Waals surface area contributed by atoms with Crippen molar-refractivity contribution in [3.63, 3.8) is 0 Å². The summed E-state index contributed by atoms with van der Waals surface area (Å²) in [5, 5.41) is 12.4. The van der Waals surface area contributed by atoms with Gasteiger partial charge in [-0.3, -0.25) is 28.8 Å². The van der Waals surface area contributed by atoms with Crippen molar-refractivity contribution in [1.29, 1.82) is 0 Å². The summed E-state index contributed by atoms with van der Waals surface area (Å²) in [6.45, 7) is 12.4. The van der Waals surface area contributed by atoms with Gasteiger partial charge < -0.3 is 43.9 Å². The van der Waals surface area contributed by atoms with E-state index in [9.17, 15) is 33.9 Å². The lowest BCUT2D eigenvalue weighted by atomic mass is 9.79. The Labute approximate surface area is 370 Å². The van der Waals surface area contributed by atoms with E-state index < -0.39 is 34.7 Å². The molecule has 6 rings (SSSR count). The highest BCUT2D eigenvalue weighted by atomic mass is 16.5. The van der Waals surface area contributed by atoms with Gasteiger partial charge in [-0.25, -0.2) is 0 Å². The summed E-state index contributed by atoms with van der Waals surface area (Å²) in [5.74, 6) is -1.41. The zero-order valence-corrected chi connectivity index (χ0v) is 38.1. The van der Waals surface area contributed by atoms with Crippen LogP contribution in [0.15, 0.2) is 54.6 Å². The Morgan fingerprint density at radius 2 is 1.11 bits per heavy atom. The van der Waals surface area contributed by atoms with Crippen LogP contribution in [0.5, 0.6) is 17.2 Å². The first-order chi connectivity index (χ1) is 30.2. The number of benzene rings is 3. The van der Waals surface area contributed by atoms with Gasteiger partial charge in [0.05, 0.1) is 45.9 Å². The summed E-state index contributed by atoms with van der Waals surface area (Å²) in [4.78, 5) is 77.3. The Morgan fingerprint density at radius 3 is 1.56 bits per heavy atom. The lowest BCUT2D eigenvalue weighted by Gasteiger charge is -2.32. The number of rotatable bonds is 12. The molecule has 0 aromatic heterocycles. The van der Waals surface area contributed by atoms with E-state index in [1.807, 2.05) is 69.3 Å². The summed E-state index contributed by atoms with van der Waals surface area (Å²) in [6.07, 6.45) is 3.88. The lowest BCUT2D eigenvalue weighted by Crippen LogP contribution is -2.48. The number of methoxy groups -OCH3 is 3. The van der Waals surface area contributed by atoms with Crippen LogP contribution in [0.2, 0.25) is 0 Å². The number of anilines is 3. The molecule has 3 aliphatic heterocycles. The van der Waals surface area contributed by atoms with Crippen LogP contribution >= 0.6 is 0 Å². The van der Waals surface area contributed by atoms with E-state index in [1.54, 1.807) is 58.0 Å². The number of hydrogen-bond acceptors (Lipinski definition) is 11. The van der Waals surface area contributed by atoms with Crippen molar-refractivity contribution < 1.29 is 57.6 Å². The molecule has 3 atom stereocenters. The predicted octanol–water partition coefficient (Wildman–Crippen LogP) is 7.19. The molecule has 0 bridgehead atoms. The van der Waals surface area contributed by atoms with E-state index in [1.165, 1.54) is 0 Å². The molecule has 3 unspecified atom stereocenters. The molecule has 342 valence electrons. The molecule has 3 aliphatic rings. The number of hydrogen-bond donors (Lipinski definition) is 2. The van der Waals surface area contributed by atoms with Gasteiger partial charge in [0.2, 0.25) is 17.7 Å². The second-order valence-corrected chi connectivity index (χ2v) is 15.3. The molecule has 3 amide bonds. The number of carbonyl (C=O) groups is 6. The molecule has 3 aromatic carbocycles. The maximum absolute atomic E-state index is 13.2. The minimum absolute atomic E-state index is 0.173. The van der Waals surface area contributed by atoms with E-state index in [-0.39, 0.29) is 30.9 Å². The standard InChI is InChI=1S/C18H25NO4.C16H21NO4.C14H17NO4/c1-5-18(17(21)23-7-3)11-10-13-8-9-14(22-4)12-15(13)19(6-2)16(18)20;1-4-16(15(19)20)9-8-11-6-7-12(21-3)10-13(11)17(5-2)14(16)18;1-3-19-14(17)11-7-5-9-4-6-10(18-2)8-12(9)15-13(11)16/h8-9,12H,5-7,10-11H2,1-4H3;6-7,10H,4-5,8-9H2,1-3H3,(H,19,20);4,6,8,11H,3,5,7H2,1-2H3,(H,15,16). The third-order valence-electron chi connectivity index (χ3n) is 12.2. The molecule has 2 N–H and O–H groups in total. The van der Waals surface area contributed by atoms with Crippen LogP contribution in [0.1, 0.15) is 90.3 Å². The van der Waals surface area contributed by atoms with Crippen molar-refractivity contribution in [2.45, 2.75) is 92.9 Å². The van der Waals surface area contributed by atoms with Gasteiger partial charge in [-0.2, -0.15) is 0 Å². The Kier molecular flexibility index (Phi) is 17.5. The first-order valence-electron chi connectivity index (χ1n) is 21.7. The molecule has 3 aromatic rings. The summed E-state index contributed by atoms with van der Waals surface area (Å²) in [6, 6.07) is 16.8. The third kappa shape index (κ3) is 10.6. The number of carboxylic acid groups (broad SMARTS) is 1. The number of fused-ring (bicyclic) bond motifs is 3. The fraction of sp³-hybridized carbons (Fsp3) is 0.500. The fourth-order valence-corrected chi connectivity index (χ4v) is 8.28. The highest BCUT2D eigenvalue weighted by Crippen LogP contribution is 2.42. The second-order valence-electron chi connectivity index (χ2n) is 15.3. The van der Waals surface area contributed by atoms with Gasteiger partial charge in [0, 0.05) is 37.0 Å². The van der Waals surface area contributed by atoms with Gasteiger partial charge in [-0.05, 0) is 114 Å². The molecule has 0 aliphatic carbocycles. The molecule has 0 fully saturated rings. The molecular weight excluding hydrogens is 811 g/mol. The molecular formula is C48H63N3O12. The Balaban J connectivity index is 0.000000208. The number of nitrogens with one attached hydrogen (secondary N) is 1. The Bertz CT molecular complexity index is 2140. The van der Waals surface area contributed by atoms with E-state index in [0.29, 0.717) is 87.4 Å². The predicted molar refractivity (Wildman–Crippen MR) is 238 cm³/mol. The zero-order chi connectivity index (χ0) is 46.5. The van der Waals surface area contributed by atoms with Gasteiger partial charge in [-0.1, -0.05) is 32.0 Å². The van der Waals surface area contributed by atoms with Crippen LogP contribution in [0, 0.1) is 16.7 Å². The van der Waals surface area contributed by atoms with E-state index in [0.717, 1.165) is 28.1 Å². The van der Waals surface area contributed by atoms with Crippen molar-refractivity contribution in [3.05, 3.63) is 71.3 Å². The van der Waals surface area contributed by atoms with Crippen LogP contribution in [-0.2, 0) is 57.5 Å². The summed E-state index contributed by atoms with van der Waals surface area (Å²) >= 11 is 0.